The van der Waals surface area contributed by atoms with E-state index >= 15 is 0 Å². The maximum atomic E-state index is 12.3. The van der Waals surface area contributed by atoms with Crippen LogP contribution in [0.4, 0.5) is 10.5 Å². The van der Waals surface area contributed by atoms with E-state index in [1.54, 1.807) is 30.3 Å². The second kappa shape index (κ2) is 7.81. The molecule has 0 aliphatic heterocycles. The summed E-state index contributed by atoms with van der Waals surface area (Å²) in [5.74, 6) is 0.627. The number of benzene rings is 2. The molecule has 0 atom stereocenters. The average molecular weight is 391 g/mol. The van der Waals surface area contributed by atoms with E-state index in [1.165, 1.54) is 0 Å². The van der Waals surface area contributed by atoms with E-state index < -0.39 is 6.09 Å². The fourth-order valence-corrected chi connectivity index (χ4v) is 2.98. The summed E-state index contributed by atoms with van der Waals surface area (Å²) >= 11 is 12.5. The minimum atomic E-state index is -0.656. The summed E-state index contributed by atoms with van der Waals surface area (Å²) in [5.41, 5.74) is 2.45. The van der Waals surface area contributed by atoms with Crippen molar-refractivity contribution in [2.75, 3.05) is 5.32 Å². The number of hydrogen-bond acceptors (Lipinski definition) is 4. The number of halogens is 2. The smallest absolute Gasteiger partial charge is 0.404 e. The van der Waals surface area contributed by atoms with Crippen LogP contribution in [0.1, 0.15) is 18.2 Å². The van der Waals surface area contributed by atoms with Crippen LogP contribution in [-0.2, 0) is 6.42 Å². The first kappa shape index (κ1) is 18.3. The molecule has 0 aliphatic rings. The lowest BCUT2D eigenvalue weighted by atomic mass is 10.1. The molecule has 26 heavy (non-hydrogen) atoms. The van der Waals surface area contributed by atoms with Crippen LogP contribution in [0.2, 0.25) is 10.0 Å². The molecule has 0 unspecified atom stereocenters. The van der Waals surface area contributed by atoms with E-state index in [1.807, 2.05) is 26.0 Å². The van der Waals surface area contributed by atoms with Gasteiger partial charge in [0, 0.05) is 17.7 Å². The maximum Gasteiger partial charge on any atom is 0.417 e. The quantitative estimate of drug-likeness (QED) is 0.581. The first-order valence-electron chi connectivity index (χ1n) is 7.98. The van der Waals surface area contributed by atoms with Crippen LogP contribution >= 0.6 is 23.2 Å². The summed E-state index contributed by atoms with van der Waals surface area (Å²) in [6.45, 7) is 3.83. The van der Waals surface area contributed by atoms with Crippen LogP contribution < -0.4 is 10.1 Å². The van der Waals surface area contributed by atoms with Gasteiger partial charge in [-0.3, -0.25) is 5.32 Å². The Labute approximate surface area is 160 Å². The Bertz CT molecular complexity index is 916. The van der Waals surface area contributed by atoms with Gasteiger partial charge in [0.25, 0.3) is 0 Å². The second-order valence-corrected chi connectivity index (χ2v) is 6.43. The lowest BCUT2D eigenvalue weighted by molar-refractivity contribution is 0.214. The fraction of sp³-hybridized carbons (Fsp3) is 0.158. The third kappa shape index (κ3) is 3.84. The van der Waals surface area contributed by atoms with E-state index in [0.29, 0.717) is 33.5 Å². The van der Waals surface area contributed by atoms with Crippen LogP contribution in [0.15, 0.2) is 47.0 Å². The lowest BCUT2D eigenvalue weighted by Crippen LogP contribution is -2.17. The molecule has 3 rings (SSSR count). The van der Waals surface area contributed by atoms with E-state index in [4.69, 9.17) is 32.5 Å². The van der Waals surface area contributed by atoms with Crippen LogP contribution in [0.3, 0.4) is 0 Å². The highest BCUT2D eigenvalue weighted by Crippen LogP contribution is 2.41. The number of carbonyl (C=O) groups is 1. The summed E-state index contributed by atoms with van der Waals surface area (Å²) in [7, 11) is 0. The first-order valence-corrected chi connectivity index (χ1v) is 8.73. The molecular weight excluding hydrogens is 375 g/mol. The van der Waals surface area contributed by atoms with Crippen molar-refractivity contribution in [2.24, 2.45) is 0 Å². The number of ether oxygens (including phenoxy) is 1. The van der Waals surface area contributed by atoms with Gasteiger partial charge in [-0.05, 0) is 31.2 Å². The summed E-state index contributed by atoms with van der Waals surface area (Å²) in [6, 6.07) is 12.4. The van der Waals surface area contributed by atoms with Gasteiger partial charge in [-0.1, -0.05) is 59.0 Å². The number of nitrogens with zero attached hydrogens (tertiary/aromatic N) is 1. The van der Waals surface area contributed by atoms with Gasteiger partial charge in [0.15, 0.2) is 11.5 Å². The number of hydrogen-bond donors (Lipinski definition) is 1. The monoisotopic (exact) mass is 390 g/mol. The maximum absolute atomic E-state index is 12.3. The van der Waals surface area contributed by atoms with Crippen LogP contribution in [0, 0.1) is 6.92 Å². The van der Waals surface area contributed by atoms with Crippen molar-refractivity contribution in [2.45, 2.75) is 20.3 Å². The number of amides is 1. The van der Waals surface area contributed by atoms with Crippen molar-refractivity contribution in [3.05, 3.63) is 63.8 Å². The van der Waals surface area contributed by atoms with Gasteiger partial charge in [-0.2, -0.15) is 0 Å². The van der Waals surface area contributed by atoms with E-state index in [0.717, 1.165) is 5.56 Å². The van der Waals surface area contributed by atoms with Gasteiger partial charge in [-0.15, -0.1) is 0 Å². The predicted molar refractivity (Wildman–Crippen MR) is 102 cm³/mol. The Kier molecular flexibility index (Phi) is 5.49. The normalized spacial score (nSPS) is 10.6. The Morgan fingerprint density at radius 2 is 1.81 bits per heavy atom. The number of carbonyl (C=O) groups excluding carboxylic acids is 1. The van der Waals surface area contributed by atoms with Gasteiger partial charge >= 0.3 is 6.09 Å². The molecule has 0 saturated heterocycles. The third-order valence-corrected chi connectivity index (χ3v) is 4.36. The van der Waals surface area contributed by atoms with Crippen molar-refractivity contribution < 1.29 is 14.1 Å². The van der Waals surface area contributed by atoms with Gasteiger partial charge in [0.1, 0.15) is 0 Å². The Morgan fingerprint density at radius 1 is 1.15 bits per heavy atom. The number of anilines is 1. The average Bonchev–Trinajstić information content (AvgIpc) is 2.99. The molecule has 0 bridgehead atoms. The zero-order chi connectivity index (χ0) is 18.7. The van der Waals surface area contributed by atoms with Crippen molar-refractivity contribution in [1.29, 1.82) is 0 Å². The van der Waals surface area contributed by atoms with Gasteiger partial charge in [0.05, 0.1) is 10.0 Å². The van der Waals surface area contributed by atoms with Crippen molar-refractivity contribution in [3.8, 4) is 17.0 Å². The van der Waals surface area contributed by atoms with Gasteiger partial charge in [0.2, 0.25) is 5.75 Å². The molecule has 7 heteroatoms. The molecule has 1 heterocycles. The molecule has 0 fully saturated rings. The molecule has 0 saturated carbocycles. The van der Waals surface area contributed by atoms with Crippen LogP contribution in [0.5, 0.6) is 5.75 Å². The fourth-order valence-electron chi connectivity index (χ4n) is 2.40. The predicted octanol–water partition coefficient (Wildman–Crippen LogP) is 6.13. The number of aromatic nitrogens is 1. The molecule has 0 aliphatic carbocycles. The molecule has 5 nitrogen and oxygen atoms in total. The van der Waals surface area contributed by atoms with E-state index in [-0.39, 0.29) is 11.4 Å². The number of aryl methyl sites for hydroxylation is 2. The molecule has 134 valence electrons. The van der Waals surface area contributed by atoms with Gasteiger partial charge in [-0.25, -0.2) is 4.79 Å². The molecule has 1 aromatic heterocycles. The zero-order valence-corrected chi connectivity index (χ0v) is 15.7. The zero-order valence-electron chi connectivity index (χ0n) is 14.2. The lowest BCUT2D eigenvalue weighted by Gasteiger charge is -2.09. The number of nitrogens with one attached hydrogen (secondary N) is 1. The molecule has 0 radical (unpaired) electrons. The first-order chi connectivity index (χ1) is 12.5. The summed E-state index contributed by atoms with van der Waals surface area (Å²) in [4.78, 5) is 12.3. The molecule has 2 aromatic carbocycles. The Balaban J connectivity index is 1.91. The highest BCUT2D eigenvalue weighted by Gasteiger charge is 2.24. The van der Waals surface area contributed by atoms with Crippen LogP contribution in [0.25, 0.3) is 11.3 Å². The molecule has 1 amide bonds. The minimum absolute atomic E-state index is 0.201. The topological polar surface area (TPSA) is 64.4 Å². The van der Waals surface area contributed by atoms with Crippen molar-refractivity contribution >= 4 is 35.0 Å². The standard InChI is InChI=1S/C19H16Cl2N2O3/c1-3-15-18(25-19(24)22-12-9-7-11(2)8-10-12)17(23-26-15)16-13(20)5-4-6-14(16)21/h4-10H,3H2,1-2H3,(H,22,24). The second-order valence-electron chi connectivity index (χ2n) is 5.61. The minimum Gasteiger partial charge on any atom is -0.404 e. The number of rotatable bonds is 4. The molecule has 3 aromatic rings. The molecule has 0 spiro atoms. The largest absolute Gasteiger partial charge is 0.417 e. The highest BCUT2D eigenvalue weighted by molar-refractivity contribution is 6.39. The molecular formula is C19H16Cl2N2O3. The SMILES string of the molecule is CCc1onc(-c2c(Cl)cccc2Cl)c1OC(=O)Nc1ccc(C)cc1. The van der Waals surface area contributed by atoms with E-state index in [9.17, 15) is 4.79 Å². The summed E-state index contributed by atoms with van der Waals surface area (Å²) in [5, 5.41) is 7.44. The Morgan fingerprint density at radius 3 is 2.42 bits per heavy atom. The van der Waals surface area contributed by atoms with E-state index in [2.05, 4.69) is 10.5 Å². The van der Waals surface area contributed by atoms with Gasteiger partial charge < -0.3 is 9.26 Å². The summed E-state index contributed by atoms with van der Waals surface area (Å²) in [6.07, 6.45) is -0.168. The highest BCUT2D eigenvalue weighted by atomic mass is 35.5. The third-order valence-electron chi connectivity index (χ3n) is 3.73. The Hall–Kier alpha value is -2.50. The molecule has 1 N–H and O–H groups in total. The van der Waals surface area contributed by atoms with Crippen LogP contribution in [-0.4, -0.2) is 11.2 Å². The summed E-state index contributed by atoms with van der Waals surface area (Å²) < 4.78 is 10.8. The van der Waals surface area contributed by atoms with Crippen molar-refractivity contribution in [3.63, 3.8) is 0 Å². The van der Waals surface area contributed by atoms with Crippen molar-refractivity contribution in [1.82, 2.24) is 5.16 Å².